The van der Waals surface area contributed by atoms with E-state index in [9.17, 15) is 8.42 Å². The minimum Gasteiger partial charge on any atom is -0.348 e. The number of fused-ring (bicyclic) bond motifs is 1. The lowest BCUT2D eigenvalue weighted by Crippen LogP contribution is -2.40. The van der Waals surface area contributed by atoms with Crippen LogP contribution < -0.4 is 9.62 Å². The number of hydrogen-bond acceptors (Lipinski definition) is 4. The maximum Gasteiger partial charge on any atom is 0.345 e. The molecule has 1 aliphatic heterocycles. The molecule has 3 rings (SSSR count). The Morgan fingerprint density at radius 2 is 1.79 bits per heavy atom. The molecule has 0 saturated carbocycles. The average molecular weight is 365 g/mol. The van der Waals surface area contributed by atoms with Crippen molar-refractivity contribution in [2.45, 2.75) is 6.54 Å². The quantitative estimate of drug-likeness (QED) is 0.889. The summed E-state index contributed by atoms with van der Waals surface area (Å²) in [6.07, 6.45) is 0. The molecule has 6 nitrogen and oxygen atoms in total. The molecule has 0 atom stereocenters. The molecular weight excluding hydrogens is 348 g/mol. The van der Waals surface area contributed by atoms with Gasteiger partial charge in [-0.3, -0.25) is 4.72 Å². The third-order valence-electron chi connectivity index (χ3n) is 3.53. The maximum absolute atomic E-state index is 12.2. The van der Waals surface area contributed by atoms with E-state index in [0.717, 1.165) is 11.3 Å². The summed E-state index contributed by atoms with van der Waals surface area (Å²) in [7, 11) is -0.303. The van der Waals surface area contributed by atoms with Crippen molar-refractivity contribution in [3.63, 3.8) is 0 Å². The first-order chi connectivity index (χ1) is 11.4. The Bertz CT molecular complexity index is 879. The maximum atomic E-state index is 12.2. The average Bonchev–Trinajstić information content (AvgIpc) is 2.63. The summed E-state index contributed by atoms with van der Waals surface area (Å²) in [5.74, 6) is 0.336. The standard InChI is InChI=1S/C16H17ClN4O2S/c1-20(2)16-19-24(22,23)18-14-5-3-4-6-15(14)21(16)11-12-7-9-13(17)10-8-12/h3-10,18H,11H2,1-2H3. The first-order valence-corrected chi connectivity index (χ1v) is 9.08. The van der Waals surface area contributed by atoms with Crippen LogP contribution in [0.4, 0.5) is 11.4 Å². The van der Waals surface area contributed by atoms with Crippen molar-refractivity contribution in [1.82, 2.24) is 4.90 Å². The fraction of sp³-hybridized carbons (Fsp3) is 0.188. The van der Waals surface area contributed by atoms with E-state index < -0.39 is 10.2 Å². The number of halogens is 1. The second kappa shape index (κ2) is 6.33. The Morgan fingerprint density at radius 3 is 2.46 bits per heavy atom. The molecule has 0 bridgehead atoms. The minimum atomic E-state index is -3.83. The van der Waals surface area contributed by atoms with Crippen molar-refractivity contribution in [2.75, 3.05) is 23.7 Å². The predicted molar refractivity (Wildman–Crippen MR) is 97.7 cm³/mol. The lowest BCUT2D eigenvalue weighted by Gasteiger charge is -2.29. The van der Waals surface area contributed by atoms with E-state index in [-0.39, 0.29) is 0 Å². The third kappa shape index (κ3) is 3.47. The van der Waals surface area contributed by atoms with E-state index in [1.165, 1.54) is 0 Å². The van der Waals surface area contributed by atoms with Crippen LogP contribution in [0.3, 0.4) is 0 Å². The SMILES string of the molecule is CN(C)C1=NS(=O)(=O)Nc2ccccc2N1Cc1ccc(Cl)cc1. The van der Waals surface area contributed by atoms with Crippen LogP contribution in [-0.2, 0) is 16.8 Å². The van der Waals surface area contributed by atoms with Crippen molar-refractivity contribution in [3.8, 4) is 0 Å². The molecule has 1 aliphatic rings. The highest BCUT2D eigenvalue weighted by molar-refractivity contribution is 7.91. The number of hydrogen-bond donors (Lipinski definition) is 1. The molecule has 0 fully saturated rings. The summed E-state index contributed by atoms with van der Waals surface area (Å²) in [5.41, 5.74) is 2.22. The van der Waals surface area contributed by atoms with Crippen molar-refractivity contribution in [2.24, 2.45) is 4.40 Å². The summed E-state index contributed by atoms with van der Waals surface area (Å²) in [6, 6.07) is 14.7. The molecule has 0 unspecified atom stereocenters. The molecule has 2 aromatic rings. The minimum absolute atomic E-state index is 0.336. The van der Waals surface area contributed by atoms with Crippen molar-refractivity contribution in [3.05, 3.63) is 59.1 Å². The van der Waals surface area contributed by atoms with Gasteiger partial charge in [-0.05, 0) is 29.8 Å². The molecule has 1 N–H and O–H groups in total. The van der Waals surface area contributed by atoms with Crippen LogP contribution in [0.15, 0.2) is 52.9 Å². The highest BCUT2D eigenvalue weighted by Crippen LogP contribution is 2.31. The number of benzene rings is 2. The summed E-state index contributed by atoms with van der Waals surface area (Å²) in [6.45, 7) is 0.461. The Morgan fingerprint density at radius 1 is 1.12 bits per heavy atom. The molecule has 0 aliphatic carbocycles. The number of rotatable bonds is 2. The van der Waals surface area contributed by atoms with E-state index >= 15 is 0 Å². The zero-order valence-corrected chi connectivity index (χ0v) is 14.8. The van der Waals surface area contributed by atoms with Crippen LogP contribution in [0.25, 0.3) is 0 Å². The van der Waals surface area contributed by atoms with Crippen LogP contribution in [0.5, 0.6) is 0 Å². The van der Waals surface area contributed by atoms with Gasteiger partial charge in [0.2, 0.25) is 5.96 Å². The second-order valence-electron chi connectivity index (χ2n) is 5.59. The number of guanidine groups is 1. The predicted octanol–water partition coefficient (Wildman–Crippen LogP) is 2.93. The Labute approximate surface area is 146 Å². The van der Waals surface area contributed by atoms with Gasteiger partial charge < -0.3 is 9.80 Å². The zero-order valence-electron chi connectivity index (χ0n) is 13.3. The van der Waals surface area contributed by atoms with Gasteiger partial charge in [0.25, 0.3) is 0 Å². The van der Waals surface area contributed by atoms with Crippen LogP contribution in [-0.4, -0.2) is 33.4 Å². The van der Waals surface area contributed by atoms with Gasteiger partial charge in [-0.25, -0.2) is 0 Å². The molecule has 0 radical (unpaired) electrons. The van der Waals surface area contributed by atoms with Gasteiger partial charge in [-0.15, -0.1) is 4.40 Å². The smallest absolute Gasteiger partial charge is 0.345 e. The lowest BCUT2D eigenvalue weighted by molar-refractivity contribution is 0.589. The van der Waals surface area contributed by atoms with Gasteiger partial charge in [0, 0.05) is 19.1 Å². The van der Waals surface area contributed by atoms with Gasteiger partial charge >= 0.3 is 10.2 Å². The molecule has 0 spiro atoms. The zero-order chi connectivity index (χ0) is 17.3. The van der Waals surface area contributed by atoms with E-state index in [1.54, 1.807) is 31.1 Å². The van der Waals surface area contributed by atoms with Gasteiger partial charge in [0.05, 0.1) is 17.9 Å². The summed E-state index contributed by atoms with van der Waals surface area (Å²) in [4.78, 5) is 3.54. The van der Waals surface area contributed by atoms with Crippen LogP contribution >= 0.6 is 11.6 Å². The molecule has 24 heavy (non-hydrogen) atoms. The van der Waals surface area contributed by atoms with Gasteiger partial charge in [-0.1, -0.05) is 35.9 Å². The fourth-order valence-electron chi connectivity index (χ4n) is 2.47. The first kappa shape index (κ1) is 16.6. The summed E-state index contributed by atoms with van der Waals surface area (Å²) in [5, 5.41) is 0.653. The summed E-state index contributed by atoms with van der Waals surface area (Å²) >= 11 is 5.94. The molecule has 1 heterocycles. The highest BCUT2D eigenvalue weighted by atomic mass is 35.5. The molecule has 2 aromatic carbocycles. The number of nitrogens with one attached hydrogen (secondary N) is 1. The summed E-state index contributed by atoms with van der Waals surface area (Å²) < 4.78 is 30.9. The van der Waals surface area contributed by atoms with E-state index in [0.29, 0.717) is 23.2 Å². The third-order valence-corrected chi connectivity index (χ3v) is 4.66. The van der Waals surface area contributed by atoms with Gasteiger partial charge in [0.1, 0.15) is 0 Å². The van der Waals surface area contributed by atoms with Crippen LogP contribution in [0.1, 0.15) is 5.56 Å². The number of nitrogens with zero attached hydrogens (tertiary/aromatic N) is 3. The topological polar surface area (TPSA) is 65.0 Å². The molecule has 0 amide bonds. The normalized spacial score (nSPS) is 15.8. The van der Waals surface area contributed by atoms with Crippen LogP contribution in [0, 0.1) is 0 Å². The van der Waals surface area contributed by atoms with E-state index in [4.69, 9.17) is 11.6 Å². The number of para-hydroxylation sites is 2. The molecule has 8 heteroatoms. The largest absolute Gasteiger partial charge is 0.348 e. The molecular formula is C16H17ClN4O2S. The van der Waals surface area contributed by atoms with E-state index in [1.807, 2.05) is 41.3 Å². The highest BCUT2D eigenvalue weighted by Gasteiger charge is 2.27. The van der Waals surface area contributed by atoms with Gasteiger partial charge in [-0.2, -0.15) is 8.42 Å². The monoisotopic (exact) mass is 364 g/mol. The van der Waals surface area contributed by atoms with Crippen molar-refractivity contribution >= 4 is 39.1 Å². The van der Waals surface area contributed by atoms with Gasteiger partial charge in [0.15, 0.2) is 0 Å². The molecule has 0 aromatic heterocycles. The lowest BCUT2D eigenvalue weighted by atomic mass is 10.2. The Kier molecular flexibility index (Phi) is 4.38. The number of anilines is 2. The first-order valence-electron chi connectivity index (χ1n) is 7.27. The Balaban J connectivity index is 2.12. The Hall–Kier alpha value is -2.25. The molecule has 126 valence electrons. The fourth-order valence-corrected chi connectivity index (χ4v) is 3.57. The van der Waals surface area contributed by atoms with Crippen molar-refractivity contribution < 1.29 is 8.42 Å². The van der Waals surface area contributed by atoms with Crippen LogP contribution in [0.2, 0.25) is 5.02 Å². The van der Waals surface area contributed by atoms with E-state index in [2.05, 4.69) is 9.12 Å². The van der Waals surface area contributed by atoms with Crippen molar-refractivity contribution in [1.29, 1.82) is 0 Å². The molecule has 0 saturated heterocycles. The second-order valence-corrected chi connectivity index (χ2v) is 7.37.